The molecule has 0 aliphatic carbocycles. The first-order chi connectivity index (χ1) is 11.5. The number of aliphatic imine (C=N–C) groups is 1. The highest BCUT2D eigenvalue weighted by Crippen LogP contribution is 2.29. The fraction of sp³-hybridized carbons (Fsp3) is 0.357. The molecule has 0 aromatic heterocycles. The Balaban J connectivity index is 1.92. The van der Waals surface area contributed by atoms with Crippen LogP contribution in [0.4, 0.5) is 8.78 Å². The van der Waals surface area contributed by atoms with E-state index in [2.05, 4.69) is 20.4 Å². The fourth-order valence-corrected chi connectivity index (χ4v) is 2.58. The molecule has 10 heteroatoms. The number of ether oxygens (including phenoxy) is 2. The van der Waals surface area contributed by atoms with Crippen molar-refractivity contribution in [1.29, 1.82) is 0 Å². The van der Waals surface area contributed by atoms with Gasteiger partial charge in [-0.1, -0.05) is 11.8 Å². The van der Waals surface area contributed by atoms with Crippen molar-refractivity contribution < 1.29 is 27.8 Å². The van der Waals surface area contributed by atoms with E-state index >= 15 is 0 Å². The second kappa shape index (κ2) is 8.48. The minimum atomic E-state index is -3.00. The molecule has 0 radical (unpaired) electrons. The number of benzene rings is 1. The maximum atomic E-state index is 12.3. The van der Waals surface area contributed by atoms with Crippen LogP contribution in [0.1, 0.15) is 10.4 Å². The Hall–Kier alpha value is -2.36. The predicted octanol–water partition coefficient (Wildman–Crippen LogP) is 1.25. The molecule has 1 aliphatic heterocycles. The lowest BCUT2D eigenvalue weighted by molar-refractivity contribution is -0.118. The topological polar surface area (TPSA) is 89.0 Å². The van der Waals surface area contributed by atoms with Crippen LogP contribution in [0.15, 0.2) is 23.2 Å². The van der Waals surface area contributed by atoms with Crippen molar-refractivity contribution in [3.8, 4) is 11.5 Å². The number of hydrogen-bond donors (Lipinski definition) is 2. The Labute approximate surface area is 140 Å². The summed E-state index contributed by atoms with van der Waals surface area (Å²) >= 11 is 1.43. The van der Waals surface area contributed by atoms with Gasteiger partial charge in [0.2, 0.25) is 5.91 Å². The number of carbonyl (C=O) groups excluding carboxylic acids is 2. The number of amides is 2. The van der Waals surface area contributed by atoms with Crippen LogP contribution in [0.5, 0.6) is 11.5 Å². The number of carbonyl (C=O) groups is 2. The number of rotatable bonds is 6. The van der Waals surface area contributed by atoms with E-state index in [-0.39, 0.29) is 23.6 Å². The van der Waals surface area contributed by atoms with Gasteiger partial charge in [-0.05, 0) is 18.2 Å². The molecule has 1 heterocycles. The summed E-state index contributed by atoms with van der Waals surface area (Å²) in [5.41, 5.74) is 0.147. The van der Waals surface area contributed by atoms with Gasteiger partial charge in [0, 0.05) is 11.3 Å². The van der Waals surface area contributed by atoms with Crippen LogP contribution in [0.2, 0.25) is 0 Å². The summed E-state index contributed by atoms with van der Waals surface area (Å²) in [5.74, 6) is -0.328. The van der Waals surface area contributed by atoms with Gasteiger partial charge < -0.3 is 20.1 Å². The number of nitrogens with one attached hydrogen (secondary N) is 2. The number of alkyl halides is 2. The van der Waals surface area contributed by atoms with Gasteiger partial charge in [0.05, 0.1) is 20.2 Å². The predicted molar refractivity (Wildman–Crippen MR) is 84.9 cm³/mol. The monoisotopic (exact) mass is 359 g/mol. The SMILES string of the molecule is COc1cc(C(=O)NCC(=O)NC2=NCCS2)ccc1OC(F)F. The molecule has 0 saturated heterocycles. The first kappa shape index (κ1) is 18.0. The average Bonchev–Trinajstić information content (AvgIpc) is 3.05. The molecule has 0 saturated carbocycles. The molecule has 0 fully saturated rings. The Kier molecular flexibility index (Phi) is 6.36. The zero-order chi connectivity index (χ0) is 17.5. The highest BCUT2D eigenvalue weighted by molar-refractivity contribution is 8.14. The number of hydrogen-bond acceptors (Lipinski definition) is 6. The van der Waals surface area contributed by atoms with Gasteiger partial charge in [-0.15, -0.1) is 0 Å². The van der Waals surface area contributed by atoms with Gasteiger partial charge in [0.1, 0.15) is 0 Å². The van der Waals surface area contributed by atoms with Gasteiger partial charge in [0.25, 0.3) is 5.91 Å². The van der Waals surface area contributed by atoms with E-state index in [1.54, 1.807) is 0 Å². The van der Waals surface area contributed by atoms with Crippen LogP contribution < -0.4 is 20.1 Å². The van der Waals surface area contributed by atoms with Crippen molar-refractivity contribution in [3.63, 3.8) is 0 Å². The third-order valence-electron chi connectivity index (χ3n) is 2.88. The summed E-state index contributed by atoms with van der Waals surface area (Å²) < 4.78 is 33.7. The number of halogens is 2. The van der Waals surface area contributed by atoms with Gasteiger partial charge >= 0.3 is 6.61 Å². The summed E-state index contributed by atoms with van der Waals surface area (Å²) in [7, 11) is 1.27. The van der Waals surface area contributed by atoms with Crippen LogP contribution >= 0.6 is 11.8 Å². The highest BCUT2D eigenvalue weighted by Gasteiger charge is 2.16. The van der Waals surface area contributed by atoms with E-state index in [0.29, 0.717) is 11.7 Å². The minimum absolute atomic E-state index is 0.0101. The summed E-state index contributed by atoms with van der Waals surface area (Å²) in [6, 6.07) is 3.75. The molecular formula is C14H15F2N3O4S. The third-order valence-corrected chi connectivity index (χ3v) is 3.77. The zero-order valence-corrected chi connectivity index (χ0v) is 13.5. The van der Waals surface area contributed by atoms with Gasteiger partial charge in [0.15, 0.2) is 16.7 Å². The number of amidine groups is 1. The summed E-state index contributed by atoms with van der Waals surface area (Å²) in [6.45, 7) is -2.59. The summed E-state index contributed by atoms with van der Waals surface area (Å²) in [5, 5.41) is 5.53. The van der Waals surface area contributed by atoms with Crippen molar-refractivity contribution in [2.75, 3.05) is 26.0 Å². The lowest BCUT2D eigenvalue weighted by Crippen LogP contribution is -2.38. The average molecular weight is 359 g/mol. The molecule has 130 valence electrons. The number of nitrogens with zero attached hydrogens (tertiary/aromatic N) is 1. The zero-order valence-electron chi connectivity index (χ0n) is 12.7. The number of thioether (sulfide) groups is 1. The van der Waals surface area contributed by atoms with Crippen LogP contribution in [0.25, 0.3) is 0 Å². The van der Waals surface area contributed by atoms with Gasteiger partial charge in [-0.25, -0.2) is 0 Å². The Bertz CT molecular complexity index is 655. The molecule has 2 N–H and O–H groups in total. The van der Waals surface area contributed by atoms with E-state index in [0.717, 1.165) is 5.75 Å². The first-order valence-electron chi connectivity index (χ1n) is 6.87. The maximum absolute atomic E-state index is 12.3. The van der Waals surface area contributed by atoms with Gasteiger partial charge in [-0.2, -0.15) is 8.78 Å². The van der Waals surface area contributed by atoms with E-state index in [9.17, 15) is 18.4 Å². The summed E-state index contributed by atoms with van der Waals surface area (Å²) in [4.78, 5) is 27.8. The second-order valence-electron chi connectivity index (χ2n) is 4.51. The molecule has 1 aliphatic rings. The standard InChI is InChI=1S/C14H15F2N3O4S/c1-22-10-6-8(2-3-9(10)23-13(15)16)12(21)18-7-11(20)19-14-17-4-5-24-14/h2-3,6,13H,4-5,7H2,1H3,(H,18,21)(H,17,19,20). The fourth-order valence-electron chi connectivity index (χ4n) is 1.84. The van der Waals surface area contributed by atoms with Crippen LogP contribution in [-0.4, -0.2) is 49.5 Å². The normalized spacial score (nSPS) is 13.4. The van der Waals surface area contributed by atoms with Crippen molar-refractivity contribution >= 4 is 28.7 Å². The van der Waals surface area contributed by atoms with E-state index in [4.69, 9.17) is 4.74 Å². The Morgan fingerprint density at radius 1 is 1.38 bits per heavy atom. The van der Waals surface area contributed by atoms with Crippen molar-refractivity contribution in [2.45, 2.75) is 6.61 Å². The van der Waals surface area contributed by atoms with Gasteiger partial charge in [-0.3, -0.25) is 14.6 Å². The molecule has 0 spiro atoms. The maximum Gasteiger partial charge on any atom is 0.387 e. The van der Waals surface area contributed by atoms with Crippen molar-refractivity contribution in [2.24, 2.45) is 4.99 Å². The highest BCUT2D eigenvalue weighted by atomic mass is 32.2. The third kappa shape index (κ3) is 5.08. The van der Waals surface area contributed by atoms with E-state index < -0.39 is 18.4 Å². The smallest absolute Gasteiger partial charge is 0.387 e. The number of methoxy groups -OCH3 is 1. The second-order valence-corrected chi connectivity index (χ2v) is 5.59. The quantitative estimate of drug-likeness (QED) is 0.798. The Morgan fingerprint density at radius 3 is 2.79 bits per heavy atom. The van der Waals surface area contributed by atoms with Crippen LogP contribution in [0, 0.1) is 0 Å². The molecule has 0 bridgehead atoms. The van der Waals surface area contributed by atoms with Crippen molar-refractivity contribution in [3.05, 3.63) is 23.8 Å². The molecule has 2 amide bonds. The molecule has 0 atom stereocenters. The molecule has 2 rings (SSSR count). The molecule has 0 unspecified atom stereocenters. The Morgan fingerprint density at radius 2 is 2.17 bits per heavy atom. The van der Waals surface area contributed by atoms with Crippen LogP contribution in [-0.2, 0) is 4.79 Å². The van der Waals surface area contributed by atoms with Crippen molar-refractivity contribution in [1.82, 2.24) is 10.6 Å². The molecule has 24 heavy (non-hydrogen) atoms. The lowest BCUT2D eigenvalue weighted by Gasteiger charge is -2.11. The molecule has 1 aromatic carbocycles. The first-order valence-corrected chi connectivity index (χ1v) is 7.86. The molecule has 7 nitrogen and oxygen atoms in total. The lowest BCUT2D eigenvalue weighted by atomic mass is 10.2. The van der Waals surface area contributed by atoms with E-state index in [1.807, 2.05) is 0 Å². The van der Waals surface area contributed by atoms with Crippen LogP contribution in [0.3, 0.4) is 0 Å². The largest absolute Gasteiger partial charge is 0.493 e. The molecule has 1 aromatic rings. The minimum Gasteiger partial charge on any atom is -0.493 e. The molecular weight excluding hydrogens is 344 g/mol. The summed E-state index contributed by atoms with van der Waals surface area (Å²) in [6.07, 6.45) is 0. The van der Waals surface area contributed by atoms with E-state index in [1.165, 1.54) is 37.1 Å².